The third-order valence-electron chi connectivity index (χ3n) is 3.38. The van der Waals surface area contributed by atoms with Gasteiger partial charge in [-0.05, 0) is 35.8 Å². The normalized spacial score (nSPS) is 18.2. The second-order valence-electron chi connectivity index (χ2n) is 5.75. The Bertz CT molecular complexity index is 249. The van der Waals surface area contributed by atoms with Crippen LogP contribution >= 0.6 is 12.6 Å². The van der Waals surface area contributed by atoms with E-state index in [0.717, 1.165) is 18.6 Å². The summed E-state index contributed by atoms with van der Waals surface area (Å²) in [6, 6.07) is 0. The molecule has 0 atom stereocenters. The lowest BCUT2D eigenvalue weighted by atomic mass is 9.89. The van der Waals surface area contributed by atoms with Gasteiger partial charge in [0.25, 0.3) is 0 Å². The molecule has 0 spiro atoms. The van der Waals surface area contributed by atoms with Crippen LogP contribution in [0.4, 0.5) is 0 Å². The summed E-state index contributed by atoms with van der Waals surface area (Å²) < 4.78 is 0. The molecule has 1 aliphatic carbocycles. The van der Waals surface area contributed by atoms with E-state index in [9.17, 15) is 4.79 Å². The first-order valence-corrected chi connectivity index (χ1v) is 6.55. The van der Waals surface area contributed by atoms with E-state index >= 15 is 0 Å². The lowest BCUT2D eigenvalue weighted by molar-refractivity contribution is -0.122. The highest BCUT2D eigenvalue weighted by Gasteiger charge is 2.42. The first kappa shape index (κ1) is 13.8. The van der Waals surface area contributed by atoms with Crippen molar-refractivity contribution in [3.8, 4) is 0 Å². The third-order valence-corrected chi connectivity index (χ3v) is 4.05. The molecular formula is C12H23NO2S. The molecule has 1 rings (SSSR count). The van der Waals surface area contributed by atoms with Gasteiger partial charge in [-0.2, -0.15) is 12.6 Å². The number of hydrogen-bond donors (Lipinski definition) is 3. The Balaban J connectivity index is 2.25. The van der Waals surface area contributed by atoms with Crippen molar-refractivity contribution in [1.82, 2.24) is 5.32 Å². The fourth-order valence-electron chi connectivity index (χ4n) is 1.70. The van der Waals surface area contributed by atoms with E-state index in [2.05, 4.69) is 31.8 Å². The smallest absolute Gasteiger partial charge is 0.220 e. The predicted octanol–water partition coefficient (Wildman–Crippen LogP) is 1.61. The summed E-state index contributed by atoms with van der Waals surface area (Å²) >= 11 is 4.28. The average molecular weight is 245 g/mol. The Morgan fingerprint density at radius 1 is 1.50 bits per heavy atom. The minimum absolute atomic E-state index is 0.0257. The fraction of sp³-hybridized carbons (Fsp3) is 0.917. The van der Waals surface area contributed by atoms with Crippen LogP contribution in [0.5, 0.6) is 0 Å². The van der Waals surface area contributed by atoms with Gasteiger partial charge in [0.1, 0.15) is 0 Å². The molecule has 0 unspecified atom stereocenters. The van der Waals surface area contributed by atoms with Gasteiger partial charge in [-0.15, -0.1) is 0 Å². The van der Waals surface area contributed by atoms with Gasteiger partial charge in [0.15, 0.2) is 0 Å². The summed E-state index contributed by atoms with van der Waals surface area (Å²) in [5.74, 6) is 0.929. The Morgan fingerprint density at radius 2 is 2.12 bits per heavy atom. The number of aliphatic hydroxyl groups excluding tert-OH is 1. The van der Waals surface area contributed by atoms with Crippen LogP contribution < -0.4 is 5.32 Å². The Morgan fingerprint density at radius 3 is 2.56 bits per heavy atom. The SMILES string of the molecule is CC(C)(CCO)CNC(=O)CC1(CS)CC1. The van der Waals surface area contributed by atoms with Gasteiger partial charge in [-0.1, -0.05) is 13.8 Å². The van der Waals surface area contributed by atoms with Crippen molar-refractivity contribution >= 4 is 18.5 Å². The van der Waals surface area contributed by atoms with Gasteiger partial charge in [0.05, 0.1) is 0 Å². The molecule has 0 radical (unpaired) electrons. The van der Waals surface area contributed by atoms with Crippen LogP contribution in [0, 0.1) is 10.8 Å². The minimum Gasteiger partial charge on any atom is -0.396 e. The van der Waals surface area contributed by atoms with Crippen LogP contribution in [-0.4, -0.2) is 29.9 Å². The summed E-state index contributed by atoms with van der Waals surface area (Å²) in [7, 11) is 0. The van der Waals surface area contributed by atoms with Crippen molar-refractivity contribution in [2.45, 2.75) is 39.5 Å². The number of thiol groups is 1. The lowest BCUT2D eigenvalue weighted by Gasteiger charge is -2.24. The van der Waals surface area contributed by atoms with Gasteiger partial charge in [-0.3, -0.25) is 4.79 Å². The second kappa shape index (κ2) is 5.41. The van der Waals surface area contributed by atoms with E-state index in [-0.39, 0.29) is 23.3 Å². The predicted molar refractivity (Wildman–Crippen MR) is 68.6 cm³/mol. The van der Waals surface area contributed by atoms with Crippen LogP contribution in [0.25, 0.3) is 0 Å². The molecule has 0 heterocycles. The highest BCUT2D eigenvalue weighted by Crippen LogP contribution is 2.49. The van der Waals surface area contributed by atoms with Crippen molar-refractivity contribution in [3.63, 3.8) is 0 Å². The summed E-state index contributed by atoms with van der Waals surface area (Å²) in [6.07, 6.45) is 3.57. The zero-order chi connectivity index (χ0) is 12.2. The minimum atomic E-state index is -0.0257. The molecule has 1 amide bonds. The molecule has 1 aliphatic rings. The van der Waals surface area contributed by atoms with E-state index in [0.29, 0.717) is 19.4 Å². The van der Waals surface area contributed by atoms with E-state index in [1.165, 1.54) is 0 Å². The first-order chi connectivity index (χ1) is 7.43. The molecule has 0 aromatic carbocycles. The molecule has 0 bridgehead atoms. The average Bonchev–Trinajstić information content (AvgIpc) is 2.96. The van der Waals surface area contributed by atoms with Crippen molar-refractivity contribution < 1.29 is 9.90 Å². The van der Waals surface area contributed by atoms with Crippen LogP contribution in [0.15, 0.2) is 0 Å². The molecule has 4 heteroatoms. The number of carbonyl (C=O) groups excluding carboxylic acids is 1. The molecule has 0 saturated heterocycles. The van der Waals surface area contributed by atoms with E-state index in [4.69, 9.17) is 5.11 Å². The van der Waals surface area contributed by atoms with Gasteiger partial charge in [0, 0.05) is 19.6 Å². The summed E-state index contributed by atoms with van der Waals surface area (Å²) in [5, 5.41) is 11.8. The van der Waals surface area contributed by atoms with Gasteiger partial charge in [-0.25, -0.2) is 0 Å². The molecule has 16 heavy (non-hydrogen) atoms. The maximum Gasteiger partial charge on any atom is 0.220 e. The van der Waals surface area contributed by atoms with Crippen LogP contribution in [-0.2, 0) is 4.79 Å². The van der Waals surface area contributed by atoms with Crippen molar-refractivity contribution in [2.75, 3.05) is 18.9 Å². The molecule has 0 aliphatic heterocycles. The fourth-order valence-corrected chi connectivity index (χ4v) is 2.13. The number of aliphatic hydroxyl groups is 1. The summed E-state index contributed by atoms with van der Waals surface area (Å²) in [5.41, 5.74) is 0.163. The Kier molecular flexibility index (Phi) is 4.68. The topological polar surface area (TPSA) is 49.3 Å². The van der Waals surface area contributed by atoms with Crippen molar-refractivity contribution in [1.29, 1.82) is 0 Å². The maximum absolute atomic E-state index is 11.7. The van der Waals surface area contributed by atoms with Crippen molar-refractivity contribution in [2.24, 2.45) is 10.8 Å². The molecule has 2 N–H and O–H groups in total. The number of nitrogens with one attached hydrogen (secondary N) is 1. The molecule has 1 fully saturated rings. The summed E-state index contributed by atoms with van der Waals surface area (Å²) in [4.78, 5) is 11.7. The quantitative estimate of drug-likeness (QED) is 0.597. The van der Waals surface area contributed by atoms with Crippen LogP contribution in [0.1, 0.15) is 39.5 Å². The third kappa shape index (κ3) is 4.34. The monoisotopic (exact) mass is 245 g/mol. The standard InChI is InChI=1S/C12H23NO2S/c1-11(2,5-6-14)8-13-10(15)7-12(9-16)3-4-12/h14,16H,3-9H2,1-2H3,(H,13,15). The lowest BCUT2D eigenvalue weighted by Crippen LogP contribution is -2.35. The number of carbonyl (C=O) groups is 1. The van der Waals surface area contributed by atoms with Gasteiger partial charge < -0.3 is 10.4 Å². The molecular weight excluding hydrogens is 222 g/mol. The van der Waals surface area contributed by atoms with E-state index in [1.807, 2.05) is 0 Å². The first-order valence-electron chi connectivity index (χ1n) is 5.92. The molecule has 1 saturated carbocycles. The summed E-state index contributed by atoms with van der Waals surface area (Å²) in [6.45, 7) is 4.91. The van der Waals surface area contributed by atoms with E-state index in [1.54, 1.807) is 0 Å². The van der Waals surface area contributed by atoms with Gasteiger partial charge >= 0.3 is 0 Å². The Labute approximate surface area is 103 Å². The van der Waals surface area contributed by atoms with E-state index < -0.39 is 0 Å². The number of amides is 1. The molecule has 0 aromatic heterocycles. The molecule has 3 nitrogen and oxygen atoms in total. The Hall–Kier alpha value is -0.220. The largest absolute Gasteiger partial charge is 0.396 e. The number of hydrogen-bond acceptors (Lipinski definition) is 3. The number of rotatable bonds is 7. The second-order valence-corrected chi connectivity index (χ2v) is 6.07. The van der Waals surface area contributed by atoms with Crippen LogP contribution in [0.2, 0.25) is 0 Å². The highest BCUT2D eigenvalue weighted by atomic mass is 32.1. The zero-order valence-corrected chi connectivity index (χ0v) is 11.1. The van der Waals surface area contributed by atoms with Crippen LogP contribution in [0.3, 0.4) is 0 Å². The molecule has 0 aromatic rings. The maximum atomic E-state index is 11.7. The zero-order valence-electron chi connectivity index (χ0n) is 10.3. The molecule has 94 valence electrons. The van der Waals surface area contributed by atoms with Gasteiger partial charge in [0.2, 0.25) is 5.91 Å². The highest BCUT2D eigenvalue weighted by molar-refractivity contribution is 7.80. The van der Waals surface area contributed by atoms with Crippen molar-refractivity contribution in [3.05, 3.63) is 0 Å².